The zero-order chi connectivity index (χ0) is 13.8. The second kappa shape index (κ2) is 6.06. The van der Waals surface area contributed by atoms with E-state index in [1.165, 1.54) is 0 Å². The normalized spacial score (nSPS) is 23.1. The van der Waals surface area contributed by atoms with Crippen LogP contribution in [0.1, 0.15) is 38.2 Å². The van der Waals surface area contributed by atoms with E-state index in [-0.39, 0.29) is 12.5 Å². The summed E-state index contributed by atoms with van der Waals surface area (Å²) in [4.78, 5) is 11.3. The van der Waals surface area contributed by atoms with E-state index in [4.69, 9.17) is 10.8 Å². The number of ketones is 1. The van der Waals surface area contributed by atoms with Gasteiger partial charge in [-0.25, -0.2) is 0 Å². The maximum Gasteiger partial charge on any atom is 0.132 e. The van der Waals surface area contributed by atoms with Gasteiger partial charge in [-0.1, -0.05) is 6.07 Å². The number of nitrogens with one attached hydrogen (secondary N) is 1. The molecule has 4 N–H and O–H groups in total. The van der Waals surface area contributed by atoms with Gasteiger partial charge in [-0.15, -0.1) is 0 Å². The number of hydrogen-bond donors (Lipinski definition) is 3. The third kappa shape index (κ3) is 3.47. The minimum Gasteiger partial charge on any atom is -0.397 e. The zero-order valence-corrected chi connectivity index (χ0v) is 11.4. The maximum absolute atomic E-state index is 11.3. The lowest BCUT2D eigenvalue weighted by molar-refractivity contribution is -0.121. The predicted molar refractivity (Wildman–Crippen MR) is 76.8 cm³/mol. The summed E-state index contributed by atoms with van der Waals surface area (Å²) >= 11 is 0. The molecule has 1 aromatic carbocycles. The summed E-state index contributed by atoms with van der Waals surface area (Å²) in [5, 5.41) is 12.6. The number of hydrogen-bond acceptors (Lipinski definition) is 4. The van der Waals surface area contributed by atoms with Gasteiger partial charge in [0.25, 0.3) is 0 Å². The van der Waals surface area contributed by atoms with Crippen molar-refractivity contribution in [3.63, 3.8) is 0 Å². The Morgan fingerprint density at radius 2 is 2.05 bits per heavy atom. The number of carbonyl (C=O) groups excluding carboxylic acids is 1. The molecule has 1 aliphatic rings. The minimum absolute atomic E-state index is 0.0199. The van der Waals surface area contributed by atoms with Crippen LogP contribution in [0.25, 0.3) is 0 Å². The van der Waals surface area contributed by atoms with Crippen molar-refractivity contribution in [2.45, 2.75) is 45.3 Å². The highest BCUT2D eigenvalue weighted by Crippen LogP contribution is 2.29. The summed E-state index contributed by atoms with van der Waals surface area (Å²) in [6.07, 6.45) is 3.89. The van der Waals surface area contributed by atoms with Crippen molar-refractivity contribution >= 4 is 17.2 Å². The number of rotatable bonds is 4. The van der Waals surface area contributed by atoms with Crippen molar-refractivity contribution < 1.29 is 9.90 Å². The highest BCUT2D eigenvalue weighted by atomic mass is 16.3. The quantitative estimate of drug-likeness (QED) is 0.728. The molecule has 0 unspecified atom stereocenters. The van der Waals surface area contributed by atoms with E-state index in [0.29, 0.717) is 17.5 Å². The molecule has 0 heterocycles. The van der Waals surface area contributed by atoms with Crippen molar-refractivity contribution in [1.82, 2.24) is 0 Å². The standard InChI is InChI=1S/C15H22N2O2/c1-10(19)12-3-5-13(6-4-12)17-15-8-11(9-18)2-7-14(15)16/h2,7-8,12-13,17-18H,3-6,9,16H2,1H3/t12-,13+. The molecule has 0 bridgehead atoms. The van der Waals surface area contributed by atoms with E-state index >= 15 is 0 Å². The number of benzene rings is 1. The van der Waals surface area contributed by atoms with Gasteiger partial charge in [0.1, 0.15) is 5.78 Å². The summed E-state index contributed by atoms with van der Waals surface area (Å²) in [6, 6.07) is 5.90. The van der Waals surface area contributed by atoms with Gasteiger partial charge in [0.05, 0.1) is 18.0 Å². The van der Waals surface area contributed by atoms with E-state index in [9.17, 15) is 4.79 Å². The van der Waals surface area contributed by atoms with Crippen molar-refractivity contribution in [3.8, 4) is 0 Å². The molecule has 4 nitrogen and oxygen atoms in total. The smallest absolute Gasteiger partial charge is 0.132 e. The first kappa shape index (κ1) is 13.9. The van der Waals surface area contributed by atoms with E-state index < -0.39 is 0 Å². The van der Waals surface area contributed by atoms with Crippen LogP contribution in [0.3, 0.4) is 0 Å². The first-order chi connectivity index (χ1) is 9.10. The van der Waals surface area contributed by atoms with E-state index in [1.54, 1.807) is 6.92 Å². The van der Waals surface area contributed by atoms with Crippen molar-refractivity contribution in [2.24, 2.45) is 5.92 Å². The fraction of sp³-hybridized carbons (Fsp3) is 0.533. The minimum atomic E-state index is 0.0199. The van der Waals surface area contributed by atoms with Gasteiger partial charge in [0.2, 0.25) is 0 Å². The molecule has 0 spiro atoms. The molecule has 1 aliphatic carbocycles. The van der Waals surface area contributed by atoms with E-state index in [2.05, 4.69) is 5.32 Å². The van der Waals surface area contributed by atoms with Gasteiger partial charge in [0.15, 0.2) is 0 Å². The molecule has 19 heavy (non-hydrogen) atoms. The average molecular weight is 262 g/mol. The summed E-state index contributed by atoms with van der Waals surface area (Å²) < 4.78 is 0. The van der Waals surface area contributed by atoms with Gasteiger partial charge < -0.3 is 16.2 Å². The lowest BCUT2D eigenvalue weighted by Crippen LogP contribution is -2.28. The molecular weight excluding hydrogens is 240 g/mol. The first-order valence-corrected chi connectivity index (χ1v) is 6.86. The number of anilines is 2. The monoisotopic (exact) mass is 262 g/mol. The molecule has 104 valence electrons. The van der Waals surface area contributed by atoms with Crippen LogP contribution < -0.4 is 11.1 Å². The highest BCUT2D eigenvalue weighted by Gasteiger charge is 2.24. The summed E-state index contributed by atoms with van der Waals surface area (Å²) in [5.41, 5.74) is 8.38. The Bertz CT molecular complexity index is 451. The second-order valence-corrected chi connectivity index (χ2v) is 5.38. The Balaban J connectivity index is 1.97. The van der Waals surface area contributed by atoms with Crippen molar-refractivity contribution in [1.29, 1.82) is 0 Å². The summed E-state index contributed by atoms with van der Waals surface area (Å²) in [5.74, 6) is 0.541. The Morgan fingerprint density at radius 1 is 1.37 bits per heavy atom. The summed E-state index contributed by atoms with van der Waals surface area (Å²) in [6.45, 7) is 1.70. The molecule has 0 aliphatic heterocycles. The van der Waals surface area contributed by atoms with E-state index in [1.807, 2.05) is 18.2 Å². The molecule has 1 aromatic rings. The third-order valence-corrected chi connectivity index (χ3v) is 3.96. The number of nitrogens with two attached hydrogens (primary N) is 1. The lowest BCUT2D eigenvalue weighted by atomic mass is 9.84. The molecule has 0 saturated heterocycles. The maximum atomic E-state index is 11.3. The van der Waals surface area contributed by atoms with Crippen molar-refractivity contribution in [2.75, 3.05) is 11.1 Å². The summed E-state index contributed by atoms with van der Waals surface area (Å²) in [7, 11) is 0. The molecule has 4 heteroatoms. The topological polar surface area (TPSA) is 75.3 Å². The van der Waals surface area contributed by atoms with Crippen LogP contribution >= 0.6 is 0 Å². The molecule has 0 radical (unpaired) electrons. The largest absolute Gasteiger partial charge is 0.397 e. The van der Waals surface area contributed by atoms with Gasteiger partial charge in [-0.3, -0.25) is 4.79 Å². The van der Waals surface area contributed by atoms with Gasteiger partial charge in [-0.05, 0) is 50.3 Å². The number of carbonyl (C=O) groups is 1. The van der Waals surface area contributed by atoms with E-state index in [0.717, 1.165) is 36.9 Å². The van der Waals surface area contributed by atoms with Crippen LogP contribution in [0.5, 0.6) is 0 Å². The van der Waals surface area contributed by atoms with Gasteiger partial charge in [-0.2, -0.15) is 0 Å². The number of aliphatic hydroxyl groups excluding tert-OH is 1. The second-order valence-electron chi connectivity index (χ2n) is 5.38. The van der Waals surface area contributed by atoms with Crippen LogP contribution in [0.2, 0.25) is 0 Å². The molecule has 0 atom stereocenters. The van der Waals surface area contributed by atoms with Gasteiger partial charge in [0, 0.05) is 12.0 Å². The fourth-order valence-corrected chi connectivity index (χ4v) is 2.69. The molecule has 0 amide bonds. The van der Waals surface area contributed by atoms with Crippen LogP contribution in [0.4, 0.5) is 11.4 Å². The lowest BCUT2D eigenvalue weighted by Gasteiger charge is -2.29. The molecule has 2 rings (SSSR count). The fourth-order valence-electron chi connectivity index (χ4n) is 2.69. The SMILES string of the molecule is CC(=O)[C@H]1CC[C@@H](Nc2cc(CO)ccc2N)CC1. The number of nitrogen functional groups attached to an aromatic ring is 1. The Hall–Kier alpha value is -1.55. The number of Topliss-reactive ketones (excluding diaryl/α,β-unsaturated/α-hetero) is 1. The third-order valence-electron chi connectivity index (χ3n) is 3.96. The van der Waals surface area contributed by atoms with Gasteiger partial charge >= 0.3 is 0 Å². The molecular formula is C15H22N2O2. The van der Waals surface area contributed by atoms with Crippen LogP contribution in [-0.4, -0.2) is 16.9 Å². The van der Waals surface area contributed by atoms with Crippen LogP contribution in [-0.2, 0) is 11.4 Å². The first-order valence-electron chi connectivity index (χ1n) is 6.86. The Kier molecular flexibility index (Phi) is 4.43. The van der Waals surface area contributed by atoms with Crippen LogP contribution in [0.15, 0.2) is 18.2 Å². The molecule has 1 saturated carbocycles. The number of aliphatic hydroxyl groups is 1. The Morgan fingerprint density at radius 3 is 2.63 bits per heavy atom. The molecule has 0 aromatic heterocycles. The van der Waals surface area contributed by atoms with Crippen molar-refractivity contribution in [3.05, 3.63) is 23.8 Å². The highest BCUT2D eigenvalue weighted by molar-refractivity contribution is 5.78. The Labute approximate surface area is 114 Å². The zero-order valence-electron chi connectivity index (χ0n) is 11.4. The average Bonchev–Trinajstić information content (AvgIpc) is 2.42. The van der Waals surface area contributed by atoms with Crippen LogP contribution in [0, 0.1) is 5.92 Å². The molecule has 1 fully saturated rings. The predicted octanol–water partition coefficient (Wildman–Crippen LogP) is 2.32.